The fourth-order valence-electron chi connectivity index (χ4n) is 3.42. The number of rotatable bonds is 8. The molecule has 0 spiro atoms. The number of amides is 2. The largest absolute Gasteiger partial charge is 0.489 e. The van der Waals surface area contributed by atoms with Crippen LogP contribution in [0.4, 0.5) is 4.79 Å². The Hall–Kier alpha value is -2.70. The lowest BCUT2D eigenvalue weighted by atomic mass is 9.93. The Kier molecular flexibility index (Phi) is 8.04. The molecule has 0 saturated carbocycles. The van der Waals surface area contributed by atoms with E-state index in [2.05, 4.69) is 10.6 Å². The first-order valence-corrected chi connectivity index (χ1v) is 11.2. The van der Waals surface area contributed by atoms with Crippen LogP contribution in [0, 0.1) is 0 Å². The molecular formula is C24H26Cl2N2O4. The molecule has 1 unspecified atom stereocenters. The Bertz CT molecular complexity index is 999. The number of carbonyl (C=O) groups is 2. The van der Waals surface area contributed by atoms with Crippen molar-refractivity contribution in [2.24, 2.45) is 0 Å². The summed E-state index contributed by atoms with van der Waals surface area (Å²) < 4.78 is 11.3. The highest BCUT2D eigenvalue weighted by atomic mass is 35.5. The van der Waals surface area contributed by atoms with E-state index in [0.29, 0.717) is 39.0 Å². The van der Waals surface area contributed by atoms with E-state index in [1.165, 1.54) is 0 Å². The highest BCUT2D eigenvalue weighted by Crippen LogP contribution is 2.31. The topological polar surface area (TPSA) is 76.7 Å². The third-order valence-electron chi connectivity index (χ3n) is 4.87. The van der Waals surface area contributed by atoms with Crippen molar-refractivity contribution < 1.29 is 19.1 Å². The summed E-state index contributed by atoms with van der Waals surface area (Å²) in [4.78, 5) is 25.1. The molecule has 2 aromatic carbocycles. The van der Waals surface area contributed by atoms with Crippen molar-refractivity contribution in [3.63, 3.8) is 0 Å². The van der Waals surface area contributed by atoms with E-state index in [9.17, 15) is 9.59 Å². The third kappa shape index (κ3) is 5.75. The Morgan fingerprint density at radius 2 is 1.75 bits per heavy atom. The van der Waals surface area contributed by atoms with E-state index in [4.69, 9.17) is 32.7 Å². The minimum atomic E-state index is -0.622. The van der Waals surface area contributed by atoms with Crippen molar-refractivity contribution in [2.75, 3.05) is 0 Å². The lowest BCUT2D eigenvalue weighted by Crippen LogP contribution is -2.46. The van der Waals surface area contributed by atoms with Gasteiger partial charge in [-0.1, -0.05) is 54.7 Å². The van der Waals surface area contributed by atoms with Crippen molar-refractivity contribution in [3.8, 4) is 5.75 Å². The highest BCUT2D eigenvalue weighted by molar-refractivity contribution is 6.35. The SMILES string of the molecule is CCCC1=C(C(=O)OC(C)C)C(c2ccc(OCc3c(Cl)cccc3Cl)cc2)NC(=O)N1. The van der Waals surface area contributed by atoms with Gasteiger partial charge in [0.2, 0.25) is 0 Å². The molecule has 170 valence electrons. The van der Waals surface area contributed by atoms with Gasteiger partial charge in [-0.15, -0.1) is 0 Å². The zero-order valence-electron chi connectivity index (χ0n) is 18.2. The molecule has 6 nitrogen and oxygen atoms in total. The van der Waals surface area contributed by atoms with Crippen LogP contribution in [0.15, 0.2) is 53.7 Å². The number of halogens is 2. The molecule has 0 bridgehead atoms. The smallest absolute Gasteiger partial charge is 0.338 e. The van der Waals surface area contributed by atoms with Gasteiger partial charge in [0.15, 0.2) is 0 Å². The second-order valence-corrected chi connectivity index (χ2v) is 8.50. The number of hydrogen-bond donors (Lipinski definition) is 2. The predicted molar refractivity (Wildman–Crippen MR) is 125 cm³/mol. The van der Waals surface area contributed by atoms with Gasteiger partial charge in [-0.25, -0.2) is 9.59 Å². The van der Waals surface area contributed by atoms with Crippen LogP contribution in [0.3, 0.4) is 0 Å². The summed E-state index contributed by atoms with van der Waals surface area (Å²) in [5.41, 5.74) is 2.45. The van der Waals surface area contributed by atoms with E-state index < -0.39 is 12.0 Å². The maximum absolute atomic E-state index is 12.9. The molecule has 8 heteroatoms. The van der Waals surface area contributed by atoms with Crippen molar-refractivity contribution in [1.82, 2.24) is 10.6 Å². The zero-order valence-corrected chi connectivity index (χ0v) is 19.7. The van der Waals surface area contributed by atoms with Gasteiger partial charge in [0.05, 0.1) is 17.7 Å². The molecule has 0 saturated heterocycles. The van der Waals surface area contributed by atoms with Crippen LogP contribution in [0.1, 0.15) is 50.8 Å². The number of hydrogen-bond acceptors (Lipinski definition) is 4. The summed E-state index contributed by atoms with van der Waals surface area (Å²) in [5.74, 6) is 0.156. The van der Waals surface area contributed by atoms with E-state index in [1.807, 2.05) is 19.1 Å². The molecule has 0 aliphatic carbocycles. The number of urea groups is 1. The molecular weight excluding hydrogens is 451 g/mol. The third-order valence-corrected chi connectivity index (χ3v) is 5.58. The van der Waals surface area contributed by atoms with Crippen LogP contribution in [-0.2, 0) is 16.1 Å². The summed E-state index contributed by atoms with van der Waals surface area (Å²) in [6.07, 6.45) is 1.06. The standard InChI is InChI=1S/C24H26Cl2N2O4/c1-4-6-20-21(23(29)32-14(2)3)22(28-24(30)27-20)15-9-11-16(12-10-15)31-13-17-18(25)7-5-8-19(17)26/h5,7-12,14,22H,4,6,13H2,1-3H3,(H2,27,28,30). The Balaban J connectivity index is 1.84. The number of carbonyl (C=O) groups excluding carboxylic acids is 2. The summed E-state index contributed by atoms with van der Waals surface area (Å²) in [6.45, 7) is 5.78. The molecule has 2 N–H and O–H groups in total. The van der Waals surface area contributed by atoms with Crippen LogP contribution in [0.5, 0.6) is 5.75 Å². The first kappa shape index (κ1) is 24.0. The number of nitrogens with one attached hydrogen (secondary N) is 2. The van der Waals surface area contributed by atoms with E-state index in [1.54, 1.807) is 44.2 Å². The maximum atomic E-state index is 12.9. The van der Waals surface area contributed by atoms with E-state index >= 15 is 0 Å². The second kappa shape index (κ2) is 10.7. The van der Waals surface area contributed by atoms with Gasteiger partial charge in [-0.3, -0.25) is 0 Å². The van der Waals surface area contributed by atoms with Crippen LogP contribution in [0.25, 0.3) is 0 Å². The number of esters is 1. The molecule has 0 radical (unpaired) electrons. The van der Waals surface area contributed by atoms with E-state index in [-0.39, 0.29) is 18.7 Å². The average molecular weight is 477 g/mol. The molecule has 1 heterocycles. The minimum Gasteiger partial charge on any atom is -0.489 e. The Labute approximate surface area is 197 Å². The maximum Gasteiger partial charge on any atom is 0.338 e. The summed E-state index contributed by atoms with van der Waals surface area (Å²) in [7, 11) is 0. The molecule has 32 heavy (non-hydrogen) atoms. The highest BCUT2D eigenvalue weighted by Gasteiger charge is 2.33. The first-order chi connectivity index (χ1) is 15.3. The predicted octanol–water partition coefficient (Wildman–Crippen LogP) is 5.93. The van der Waals surface area contributed by atoms with Gasteiger partial charge < -0.3 is 20.1 Å². The normalized spacial score (nSPS) is 15.9. The van der Waals surface area contributed by atoms with E-state index in [0.717, 1.165) is 12.0 Å². The number of allylic oxidation sites excluding steroid dienone is 1. The summed E-state index contributed by atoms with van der Waals surface area (Å²) in [6, 6.07) is 11.5. The fourth-order valence-corrected chi connectivity index (χ4v) is 3.92. The Morgan fingerprint density at radius 1 is 1.09 bits per heavy atom. The van der Waals surface area contributed by atoms with Crippen LogP contribution in [0.2, 0.25) is 10.0 Å². The quantitative estimate of drug-likeness (QED) is 0.462. The van der Waals surface area contributed by atoms with Crippen molar-refractivity contribution in [3.05, 3.63) is 74.9 Å². The van der Waals surface area contributed by atoms with Crippen LogP contribution in [-0.4, -0.2) is 18.1 Å². The number of benzene rings is 2. The van der Waals surface area contributed by atoms with Crippen molar-refractivity contribution >= 4 is 35.2 Å². The van der Waals surface area contributed by atoms with Crippen LogP contribution >= 0.6 is 23.2 Å². The summed E-state index contributed by atoms with van der Waals surface area (Å²) >= 11 is 12.4. The van der Waals surface area contributed by atoms with Crippen molar-refractivity contribution in [2.45, 2.75) is 52.4 Å². The monoisotopic (exact) mass is 476 g/mol. The van der Waals surface area contributed by atoms with Gasteiger partial charge in [-0.05, 0) is 50.1 Å². The number of ether oxygens (including phenoxy) is 2. The molecule has 2 amide bonds. The molecule has 1 aliphatic rings. The molecule has 2 aromatic rings. The first-order valence-electron chi connectivity index (χ1n) is 10.5. The van der Waals surface area contributed by atoms with Gasteiger partial charge >= 0.3 is 12.0 Å². The molecule has 0 aromatic heterocycles. The van der Waals surface area contributed by atoms with Crippen molar-refractivity contribution in [1.29, 1.82) is 0 Å². The zero-order chi connectivity index (χ0) is 23.3. The fraction of sp³-hybridized carbons (Fsp3) is 0.333. The molecule has 1 atom stereocenters. The lowest BCUT2D eigenvalue weighted by Gasteiger charge is -2.30. The molecule has 0 fully saturated rings. The van der Waals surface area contributed by atoms with Gasteiger partial charge in [0.25, 0.3) is 0 Å². The summed E-state index contributed by atoms with van der Waals surface area (Å²) in [5, 5.41) is 6.66. The van der Waals surface area contributed by atoms with Gasteiger partial charge in [0.1, 0.15) is 12.4 Å². The second-order valence-electron chi connectivity index (χ2n) is 7.69. The molecule has 1 aliphatic heterocycles. The van der Waals surface area contributed by atoms with Gasteiger partial charge in [0, 0.05) is 21.3 Å². The minimum absolute atomic E-state index is 0.217. The van der Waals surface area contributed by atoms with Gasteiger partial charge in [-0.2, -0.15) is 0 Å². The Morgan fingerprint density at radius 3 is 2.34 bits per heavy atom. The lowest BCUT2D eigenvalue weighted by molar-refractivity contribution is -0.143. The van der Waals surface area contributed by atoms with Crippen LogP contribution < -0.4 is 15.4 Å². The average Bonchev–Trinajstić information content (AvgIpc) is 2.73. The molecule has 3 rings (SSSR count).